The second-order valence-corrected chi connectivity index (χ2v) is 5.44. The van der Waals surface area contributed by atoms with Crippen molar-refractivity contribution in [2.45, 2.75) is 39.3 Å². The van der Waals surface area contributed by atoms with Gasteiger partial charge >= 0.3 is 0 Å². The van der Waals surface area contributed by atoms with Crippen molar-refractivity contribution in [3.8, 4) is 0 Å². The summed E-state index contributed by atoms with van der Waals surface area (Å²) in [4.78, 5) is 0. The third-order valence-electron chi connectivity index (χ3n) is 3.39. The highest BCUT2D eigenvalue weighted by Crippen LogP contribution is 2.18. The van der Waals surface area contributed by atoms with Crippen molar-refractivity contribution < 1.29 is 4.74 Å². The van der Waals surface area contributed by atoms with Gasteiger partial charge in [0.1, 0.15) is 0 Å². The van der Waals surface area contributed by atoms with Gasteiger partial charge in [0.05, 0.1) is 6.10 Å². The molecule has 108 valence electrons. The van der Waals surface area contributed by atoms with Crippen molar-refractivity contribution in [3.05, 3.63) is 48.0 Å². The van der Waals surface area contributed by atoms with E-state index in [0.717, 1.165) is 32.5 Å². The first-order valence-corrected chi connectivity index (χ1v) is 7.56. The van der Waals surface area contributed by atoms with Gasteiger partial charge in [-0.3, -0.25) is 0 Å². The number of nitrogens with one attached hydrogen (secondary N) is 1. The fourth-order valence-corrected chi connectivity index (χ4v) is 2.34. The minimum Gasteiger partial charge on any atom is -0.379 e. The summed E-state index contributed by atoms with van der Waals surface area (Å²) < 4.78 is 5.54. The number of hydrogen-bond acceptors (Lipinski definition) is 2. The Balaban J connectivity index is 1.73. The number of fused-ring (bicyclic) bond motifs is 1. The Kier molecular flexibility index (Phi) is 6.03. The van der Waals surface area contributed by atoms with Crippen LogP contribution in [0.25, 0.3) is 10.8 Å². The standard InChI is InChI=1S/C18H25NO/c1-15(2)20-13-6-5-12-19-14-17-10-7-9-16-8-3-4-11-18(16)17/h3-4,7-11,15,19H,5-6,12-14H2,1-2H3. The Morgan fingerprint density at radius 3 is 2.65 bits per heavy atom. The van der Waals surface area contributed by atoms with Gasteiger partial charge in [-0.05, 0) is 49.6 Å². The summed E-state index contributed by atoms with van der Waals surface area (Å²) in [6.45, 7) is 7.02. The maximum Gasteiger partial charge on any atom is 0.0518 e. The molecule has 2 aromatic carbocycles. The summed E-state index contributed by atoms with van der Waals surface area (Å²) in [6, 6.07) is 15.1. The van der Waals surface area contributed by atoms with Gasteiger partial charge in [-0.1, -0.05) is 42.5 Å². The van der Waals surface area contributed by atoms with Crippen LogP contribution >= 0.6 is 0 Å². The molecule has 1 N–H and O–H groups in total. The van der Waals surface area contributed by atoms with Crippen molar-refractivity contribution in [3.63, 3.8) is 0 Å². The van der Waals surface area contributed by atoms with Gasteiger partial charge in [0, 0.05) is 13.2 Å². The molecule has 20 heavy (non-hydrogen) atoms. The Morgan fingerprint density at radius 1 is 1.00 bits per heavy atom. The van der Waals surface area contributed by atoms with Gasteiger partial charge in [-0.25, -0.2) is 0 Å². The highest BCUT2D eigenvalue weighted by atomic mass is 16.5. The second-order valence-electron chi connectivity index (χ2n) is 5.44. The maximum atomic E-state index is 5.54. The van der Waals surface area contributed by atoms with Crippen molar-refractivity contribution in [2.75, 3.05) is 13.2 Å². The molecule has 0 fully saturated rings. The molecule has 0 bridgehead atoms. The molecule has 0 heterocycles. The van der Waals surface area contributed by atoms with E-state index in [2.05, 4.69) is 61.6 Å². The summed E-state index contributed by atoms with van der Waals surface area (Å²) in [5.74, 6) is 0. The molecule has 0 aromatic heterocycles. The van der Waals surface area contributed by atoms with E-state index in [4.69, 9.17) is 4.74 Å². The van der Waals surface area contributed by atoms with E-state index in [0.29, 0.717) is 6.10 Å². The largest absolute Gasteiger partial charge is 0.379 e. The maximum absolute atomic E-state index is 5.54. The first-order chi connectivity index (χ1) is 9.77. The van der Waals surface area contributed by atoms with Crippen LogP contribution < -0.4 is 5.32 Å². The number of rotatable bonds is 8. The molecule has 0 radical (unpaired) electrons. The van der Waals surface area contributed by atoms with E-state index < -0.39 is 0 Å². The molecule has 0 aliphatic carbocycles. The fraction of sp³-hybridized carbons (Fsp3) is 0.444. The normalized spacial score (nSPS) is 11.3. The smallest absolute Gasteiger partial charge is 0.0518 e. The first kappa shape index (κ1) is 15.0. The summed E-state index contributed by atoms with van der Waals surface area (Å²) >= 11 is 0. The van der Waals surface area contributed by atoms with E-state index in [-0.39, 0.29) is 0 Å². The molecule has 2 nitrogen and oxygen atoms in total. The van der Waals surface area contributed by atoms with Gasteiger partial charge in [-0.15, -0.1) is 0 Å². The Hall–Kier alpha value is -1.38. The van der Waals surface area contributed by atoms with Crippen LogP contribution in [0.15, 0.2) is 42.5 Å². The van der Waals surface area contributed by atoms with E-state index in [1.165, 1.54) is 16.3 Å². The van der Waals surface area contributed by atoms with Crippen LogP contribution in [0.4, 0.5) is 0 Å². The van der Waals surface area contributed by atoms with E-state index >= 15 is 0 Å². The molecule has 2 aromatic rings. The quantitative estimate of drug-likeness (QED) is 0.729. The zero-order valence-electron chi connectivity index (χ0n) is 12.6. The number of ether oxygens (including phenoxy) is 1. The average Bonchev–Trinajstić information content (AvgIpc) is 2.46. The molecule has 0 aliphatic rings. The number of benzene rings is 2. The second kappa shape index (κ2) is 8.03. The Morgan fingerprint density at radius 2 is 1.80 bits per heavy atom. The third kappa shape index (κ3) is 4.62. The highest BCUT2D eigenvalue weighted by molar-refractivity contribution is 5.85. The molecule has 0 spiro atoms. The zero-order valence-corrected chi connectivity index (χ0v) is 12.6. The fourth-order valence-electron chi connectivity index (χ4n) is 2.34. The monoisotopic (exact) mass is 271 g/mol. The number of hydrogen-bond donors (Lipinski definition) is 1. The summed E-state index contributed by atoms with van der Waals surface area (Å²) in [5, 5.41) is 6.20. The van der Waals surface area contributed by atoms with Gasteiger partial charge in [0.25, 0.3) is 0 Å². The molecular formula is C18H25NO. The lowest BCUT2D eigenvalue weighted by molar-refractivity contribution is 0.0760. The van der Waals surface area contributed by atoms with Crippen molar-refractivity contribution in [1.29, 1.82) is 0 Å². The van der Waals surface area contributed by atoms with Crippen LogP contribution in [0.2, 0.25) is 0 Å². The highest BCUT2D eigenvalue weighted by Gasteiger charge is 1.99. The molecule has 0 atom stereocenters. The molecular weight excluding hydrogens is 246 g/mol. The summed E-state index contributed by atoms with van der Waals surface area (Å²) in [5.41, 5.74) is 1.38. The van der Waals surface area contributed by atoms with Crippen LogP contribution in [-0.2, 0) is 11.3 Å². The summed E-state index contributed by atoms with van der Waals surface area (Å²) in [6.07, 6.45) is 2.64. The van der Waals surface area contributed by atoms with Crippen LogP contribution in [0.5, 0.6) is 0 Å². The van der Waals surface area contributed by atoms with Crippen LogP contribution in [0.3, 0.4) is 0 Å². The van der Waals surface area contributed by atoms with Crippen molar-refractivity contribution >= 4 is 10.8 Å². The van der Waals surface area contributed by atoms with Crippen LogP contribution in [-0.4, -0.2) is 19.3 Å². The zero-order chi connectivity index (χ0) is 14.2. The minimum absolute atomic E-state index is 0.346. The van der Waals surface area contributed by atoms with E-state index in [1.807, 2.05) is 0 Å². The molecule has 0 saturated carbocycles. The van der Waals surface area contributed by atoms with Gasteiger partial charge in [-0.2, -0.15) is 0 Å². The summed E-state index contributed by atoms with van der Waals surface area (Å²) in [7, 11) is 0. The van der Waals surface area contributed by atoms with Crippen molar-refractivity contribution in [2.24, 2.45) is 0 Å². The molecule has 2 heteroatoms. The Labute approximate surface area is 122 Å². The third-order valence-corrected chi connectivity index (χ3v) is 3.39. The SMILES string of the molecule is CC(C)OCCCCNCc1cccc2ccccc12. The molecule has 0 saturated heterocycles. The van der Waals surface area contributed by atoms with Crippen LogP contribution in [0, 0.1) is 0 Å². The number of unbranched alkanes of at least 4 members (excludes halogenated alkanes) is 1. The minimum atomic E-state index is 0.346. The lowest BCUT2D eigenvalue weighted by atomic mass is 10.0. The Bertz CT molecular complexity index is 516. The predicted molar refractivity (Wildman–Crippen MR) is 86.0 cm³/mol. The molecule has 2 rings (SSSR count). The lowest BCUT2D eigenvalue weighted by Crippen LogP contribution is -2.15. The van der Waals surface area contributed by atoms with E-state index in [1.54, 1.807) is 0 Å². The average molecular weight is 271 g/mol. The van der Waals surface area contributed by atoms with Gasteiger partial charge in [0.15, 0.2) is 0 Å². The van der Waals surface area contributed by atoms with Crippen LogP contribution in [0.1, 0.15) is 32.3 Å². The lowest BCUT2D eigenvalue weighted by Gasteiger charge is -2.09. The van der Waals surface area contributed by atoms with Gasteiger partial charge in [0.2, 0.25) is 0 Å². The van der Waals surface area contributed by atoms with Crippen molar-refractivity contribution in [1.82, 2.24) is 5.32 Å². The van der Waals surface area contributed by atoms with Gasteiger partial charge < -0.3 is 10.1 Å². The molecule has 0 aliphatic heterocycles. The topological polar surface area (TPSA) is 21.3 Å². The first-order valence-electron chi connectivity index (χ1n) is 7.56. The predicted octanol–water partition coefficient (Wildman–Crippen LogP) is 4.13. The molecule has 0 unspecified atom stereocenters. The van der Waals surface area contributed by atoms with E-state index in [9.17, 15) is 0 Å². The molecule has 0 amide bonds.